The molecule has 3 aromatic rings. The summed E-state index contributed by atoms with van der Waals surface area (Å²) in [5, 5.41) is 6.46. The third kappa shape index (κ3) is 3.96. The summed E-state index contributed by atoms with van der Waals surface area (Å²) in [4.78, 5) is 30.8. The van der Waals surface area contributed by atoms with Crippen molar-refractivity contribution < 1.29 is 9.59 Å². The Balaban J connectivity index is 1.29. The van der Waals surface area contributed by atoms with Gasteiger partial charge in [-0.1, -0.05) is 42.5 Å². The maximum absolute atomic E-state index is 12.2. The number of para-hydroxylation sites is 1. The summed E-state index contributed by atoms with van der Waals surface area (Å²) < 4.78 is 0. The second kappa shape index (κ2) is 7.55. The number of hydrogen-bond acceptors (Lipinski definition) is 4. The van der Waals surface area contributed by atoms with E-state index < -0.39 is 0 Å². The SMILES string of the molecule is O=C(CN1Cc2ccccc2C1)NCC(=O)Nc1cccc2cccnc12. The number of aromatic nitrogens is 1. The van der Waals surface area contributed by atoms with Gasteiger partial charge in [0.25, 0.3) is 0 Å². The predicted molar refractivity (Wildman–Crippen MR) is 104 cm³/mol. The highest BCUT2D eigenvalue weighted by Gasteiger charge is 2.20. The molecule has 6 heteroatoms. The minimum Gasteiger partial charge on any atom is -0.346 e. The average molecular weight is 360 g/mol. The zero-order chi connectivity index (χ0) is 18.6. The molecule has 0 spiro atoms. The minimum absolute atomic E-state index is 0.0666. The largest absolute Gasteiger partial charge is 0.346 e. The van der Waals surface area contributed by atoms with Crippen molar-refractivity contribution in [1.29, 1.82) is 0 Å². The van der Waals surface area contributed by atoms with Crippen molar-refractivity contribution >= 4 is 28.4 Å². The van der Waals surface area contributed by atoms with Crippen LogP contribution in [0.25, 0.3) is 10.9 Å². The van der Waals surface area contributed by atoms with Crippen LogP contribution in [0.2, 0.25) is 0 Å². The summed E-state index contributed by atoms with van der Waals surface area (Å²) in [5.41, 5.74) is 3.88. The highest BCUT2D eigenvalue weighted by atomic mass is 16.2. The molecule has 136 valence electrons. The normalized spacial score (nSPS) is 13.3. The first-order valence-corrected chi connectivity index (χ1v) is 8.88. The molecule has 0 saturated heterocycles. The summed E-state index contributed by atoms with van der Waals surface area (Å²) in [5.74, 6) is -0.430. The van der Waals surface area contributed by atoms with Gasteiger partial charge in [-0.15, -0.1) is 0 Å². The molecule has 0 fully saturated rings. The van der Waals surface area contributed by atoms with Gasteiger partial charge in [-0.05, 0) is 23.3 Å². The van der Waals surface area contributed by atoms with Crippen molar-refractivity contribution in [3.8, 4) is 0 Å². The molecule has 4 rings (SSSR count). The number of amides is 2. The molecule has 0 saturated carbocycles. The van der Waals surface area contributed by atoms with E-state index in [1.165, 1.54) is 11.1 Å². The molecule has 0 aliphatic carbocycles. The molecule has 1 aromatic heterocycles. The number of pyridine rings is 1. The molecule has 27 heavy (non-hydrogen) atoms. The Labute approximate surface area is 157 Å². The van der Waals surface area contributed by atoms with Gasteiger partial charge >= 0.3 is 0 Å². The Bertz CT molecular complexity index is 972. The maximum atomic E-state index is 12.2. The number of carbonyl (C=O) groups excluding carboxylic acids is 2. The van der Waals surface area contributed by atoms with Crippen molar-refractivity contribution in [2.45, 2.75) is 13.1 Å². The quantitative estimate of drug-likeness (QED) is 0.732. The lowest BCUT2D eigenvalue weighted by Crippen LogP contribution is -2.38. The summed E-state index contributed by atoms with van der Waals surface area (Å²) in [6, 6.07) is 17.6. The van der Waals surface area contributed by atoms with E-state index >= 15 is 0 Å². The van der Waals surface area contributed by atoms with Gasteiger partial charge < -0.3 is 10.6 Å². The Kier molecular flexibility index (Phi) is 4.80. The Morgan fingerprint density at radius 2 is 1.67 bits per heavy atom. The van der Waals surface area contributed by atoms with Gasteiger partial charge in [-0.25, -0.2) is 0 Å². The topological polar surface area (TPSA) is 74.3 Å². The number of nitrogens with one attached hydrogen (secondary N) is 2. The van der Waals surface area contributed by atoms with E-state index in [9.17, 15) is 9.59 Å². The van der Waals surface area contributed by atoms with Gasteiger partial charge in [0.2, 0.25) is 11.8 Å². The molecule has 0 unspecified atom stereocenters. The van der Waals surface area contributed by atoms with Crippen LogP contribution in [0.15, 0.2) is 60.8 Å². The number of rotatable bonds is 5. The summed E-state index contributed by atoms with van der Waals surface area (Å²) in [6.45, 7) is 1.73. The van der Waals surface area contributed by atoms with Crippen LogP contribution in [0.1, 0.15) is 11.1 Å². The van der Waals surface area contributed by atoms with Crippen molar-refractivity contribution in [1.82, 2.24) is 15.2 Å². The highest BCUT2D eigenvalue weighted by molar-refractivity contribution is 6.01. The Morgan fingerprint density at radius 1 is 0.926 bits per heavy atom. The first-order valence-electron chi connectivity index (χ1n) is 8.88. The van der Waals surface area contributed by atoms with Gasteiger partial charge in [0.05, 0.1) is 24.3 Å². The first-order chi connectivity index (χ1) is 13.2. The Hall–Kier alpha value is -3.25. The lowest BCUT2D eigenvalue weighted by molar-refractivity contribution is -0.125. The van der Waals surface area contributed by atoms with Crippen LogP contribution in [0.4, 0.5) is 5.69 Å². The van der Waals surface area contributed by atoms with E-state index in [4.69, 9.17) is 0 Å². The van der Waals surface area contributed by atoms with E-state index in [2.05, 4.69) is 32.7 Å². The fourth-order valence-electron chi connectivity index (χ4n) is 3.35. The lowest BCUT2D eigenvalue weighted by Gasteiger charge is -2.14. The highest BCUT2D eigenvalue weighted by Crippen LogP contribution is 2.22. The molecule has 2 aromatic carbocycles. The standard InChI is InChI=1S/C21H20N4O2/c26-19(24-18-9-3-7-15-8-4-10-22-21(15)18)11-23-20(27)14-25-12-16-5-1-2-6-17(16)13-25/h1-10H,11-14H2,(H,23,27)(H,24,26). The van der Waals surface area contributed by atoms with Crippen molar-refractivity contribution in [3.63, 3.8) is 0 Å². The van der Waals surface area contributed by atoms with Crippen LogP contribution in [-0.4, -0.2) is 34.8 Å². The molecule has 2 heterocycles. The van der Waals surface area contributed by atoms with Crippen LogP contribution in [0.5, 0.6) is 0 Å². The third-order valence-corrected chi connectivity index (χ3v) is 4.63. The third-order valence-electron chi connectivity index (χ3n) is 4.63. The molecular formula is C21H20N4O2. The van der Waals surface area contributed by atoms with Crippen LogP contribution < -0.4 is 10.6 Å². The summed E-state index contributed by atoms with van der Waals surface area (Å²) in [7, 11) is 0. The second-order valence-electron chi connectivity index (χ2n) is 6.62. The van der Waals surface area contributed by atoms with Crippen LogP contribution in [-0.2, 0) is 22.7 Å². The van der Waals surface area contributed by atoms with Gasteiger partial charge in [0.1, 0.15) is 0 Å². The average Bonchev–Trinajstić information content (AvgIpc) is 3.09. The zero-order valence-electron chi connectivity index (χ0n) is 14.8. The molecule has 2 N–H and O–H groups in total. The van der Waals surface area contributed by atoms with E-state index in [0.717, 1.165) is 24.0 Å². The van der Waals surface area contributed by atoms with E-state index in [-0.39, 0.29) is 24.9 Å². The zero-order valence-corrected chi connectivity index (χ0v) is 14.8. The molecule has 0 atom stereocenters. The number of benzene rings is 2. The molecule has 1 aliphatic heterocycles. The van der Waals surface area contributed by atoms with Gasteiger partial charge in [0.15, 0.2) is 0 Å². The van der Waals surface area contributed by atoms with Crippen molar-refractivity contribution in [2.24, 2.45) is 0 Å². The predicted octanol–water partition coefficient (Wildman–Crippen LogP) is 2.31. The van der Waals surface area contributed by atoms with Crippen molar-refractivity contribution in [3.05, 3.63) is 71.9 Å². The minimum atomic E-state index is -0.272. The monoisotopic (exact) mass is 360 g/mol. The fraction of sp³-hybridized carbons (Fsp3) is 0.190. The number of fused-ring (bicyclic) bond motifs is 2. The summed E-state index contributed by atoms with van der Waals surface area (Å²) in [6.07, 6.45) is 1.69. The van der Waals surface area contributed by atoms with Gasteiger partial charge in [-0.3, -0.25) is 19.5 Å². The number of nitrogens with zero attached hydrogens (tertiary/aromatic N) is 2. The van der Waals surface area contributed by atoms with E-state index in [1.54, 1.807) is 12.3 Å². The molecular weight excluding hydrogens is 340 g/mol. The van der Waals surface area contributed by atoms with Crippen molar-refractivity contribution in [2.75, 3.05) is 18.4 Å². The lowest BCUT2D eigenvalue weighted by atomic mass is 10.1. The fourth-order valence-corrected chi connectivity index (χ4v) is 3.35. The van der Waals surface area contributed by atoms with E-state index in [1.807, 2.05) is 36.4 Å². The molecule has 1 aliphatic rings. The molecule has 0 bridgehead atoms. The van der Waals surface area contributed by atoms with Gasteiger partial charge in [-0.2, -0.15) is 0 Å². The van der Waals surface area contributed by atoms with Crippen LogP contribution in [0, 0.1) is 0 Å². The van der Waals surface area contributed by atoms with Gasteiger partial charge in [0, 0.05) is 24.7 Å². The van der Waals surface area contributed by atoms with E-state index in [0.29, 0.717) is 5.69 Å². The Morgan fingerprint density at radius 3 is 2.44 bits per heavy atom. The van der Waals surface area contributed by atoms with Crippen LogP contribution >= 0.6 is 0 Å². The summed E-state index contributed by atoms with van der Waals surface area (Å²) >= 11 is 0. The second-order valence-corrected chi connectivity index (χ2v) is 6.62. The molecule has 2 amide bonds. The van der Waals surface area contributed by atoms with Crippen LogP contribution in [0.3, 0.4) is 0 Å². The number of carbonyl (C=O) groups is 2. The molecule has 6 nitrogen and oxygen atoms in total. The maximum Gasteiger partial charge on any atom is 0.243 e. The smallest absolute Gasteiger partial charge is 0.243 e. The number of hydrogen-bond donors (Lipinski definition) is 2. The number of anilines is 1. The first kappa shape index (κ1) is 17.2. The molecule has 0 radical (unpaired) electrons.